The largest absolute Gasteiger partial charge is 0.404 e. The SMILES string of the molecule is CC(C)[C@@H](N[C@H]1CC[C@H](C(=O)N2Cc3cccnc3Nc3ccc(N4CCOCC4)cc32)CC1)C(F)(F)F. The molecule has 0 bridgehead atoms. The van der Waals surface area contributed by atoms with E-state index in [1.165, 1.54) is 0 Å². The van der Waals surface area contributed by atoms with Crippen LogP contribution >= 0.6 is 0 Å². The first-order chi connectivity index (χ1) is 18.2. The van der Waals surface area contributed by atoms with Crippen LogP contribution in [-0.4, -0.2) is 55.5 Å². The summed E-state index contributed by atoms with van der Waals surface area (Å²) in [6.45, 7) is 6.46. The zero-order chi connectivity index (χ0) is 26.9. The van der Waals surface area contributed by atoms with Gasteiger partial charge in [0.15, 0.2) is 0 Å². The summed E-state index contributed by atoms with van der Waals surface area (Å²) >= 11 is 0. The molecule has 206 valence electrons. The normalized spacial score (nSPS) is 22.8. The molecule has 2 fully saturated rings. The van der Waals surface area contributed by atoms with Crippen LogP contribution in [0, 0.1) is 11.8 Å². The molecule has 38 heavy (non-hydrogen) atoms. The molecule has 3 aliphatic rings. The number of amides is 1. The molecule has 2 aromatic rings. The van der Waals surface area contributed by atoms with Gasteiger partial charge in [-0.1, -0.05) is 19.9 Å². The van der Waals surface area contributed by atoms with Crippen molar-refractivity contribution >= 4 is 28.8 Å². The van der Waals surface area contributed by atoms with Crippen LogP contribution in [0.15, 0.2) is 36.5 Å². The zero-order valence-electron chi connectivity index (χ0n) is 21.9. The molecule has 1 aromatic heterocycles. The van der Waals surface area contributed by atoms with E-state index in [-0.39, 0.29) is 17.9 Å². The average molecular weight is 532 g/mol. The Labute approximate surface area is 221 Å². The molecule has 10 heteroatoms. The first kappa shape index (κ1) is 26.7. The molecule has 1 saturated carbocycles. The molecule has 1 amide bonds. The fraction of sp³-hybridized carbons (Fsp3) is 0.571. The molecular formula is C28H36F3N5O2. The minimum Gasteiger partial charge on any atom is -0.378 e. The molecule has 0 radical (unpaired) electrons. The lowest BCUT2D eigenvalue weighted by atomic mass is 9.84. The number of carbonyl (C=O) groups excluding carboxylic acids is 1. The van der Waals surface area contributed by atoms with Gasteiger partial charge in [0.05, 0.1) is 31.1 Å². The Kier molecular flexibility index (Phi) is 7.81. The summed E-state index contributed by atoms with van der Waals surface area (Å²) in [5.74, 6) is -0.0548. The van der Waals surface area contributed by atoms with Crippen LogP contribution in [0.25, 0.3) is 0 Å². The number of anilines is 4. The Hall–Kier alpha value is -2.85. The third-order valence-corrected chi connectivity index (χ3v) is 7.90. The molecule has 3 heterocycles. The summed E-state index contributed by atoms with van der Waals surface area (Å²) in [7, 11) is 0. The second-order valence-electron chi connectivity index (χ2n) is 10.8. The number of halogens is 3. The van der Waals surface area contributed by atoms with Crippen molar-refractivity contribution < 1.29 is 22.7 Å². The molecule has 2 N–H and O–H groups in total. The Morgan fingerprint density at radius 3 is 2.55 bits per heavy atom. The summed E-state index contributed by atoms with van der Waals surface area (Å²) in [4.78, 5) is 22.6. The Morgan fingerprint density at radius 2 is 1.87 bits per heavy atom. The van der Waals surface area contributed by atoms with E-state index < -0.39 is 18.1 Å². The minimum absolute atomic E-state index is 0.0126. The lowest BCUT2D eigenvalue weighted by Crippen LogP contribution is -2.51. The van der Waals surface area contributed by atoms with Gasteiger partial charge in [0.2, 0.25) is 5.91 Å². The summed E-state index contributed by atoms with van der Waals surface area (Å²) in [6.07, 6.45) is -0.363. The molecule has 2 aliphatic heterocycles. The van der Waals surface area contributed by atoms with Gasteiger partial charge >= 0.3 is 6.18 Å². The zero-order valence-corrected chi connectivity index (χ0v) is 21.9. The number of nitrogens with one attached hydrogen (secondary N) is 2. The van der Waals surface area contributed by atoms with E-state index in [1.54, 1.807) is 20.0 Å². The summed E-state index contributed by atoms with van der Waals surface area (Å²) < 4.78 is 46.0. The Bertz CT molecular complexity index is 1130. The number of fused-ring (bicyclic) bond motifs is 2. The number of aromatic nitrogens is 1. The van der Waals surface area contributed by atoms with E-state index in [1.807, 2.05) is 23.1 Å². The number of hydrogen-bond acceptors (Lipinski definition) is 6. The Morgan fingerprint density at radius 1 is 1.13 bits per heavy atom. The molecule has 1 aliphatic carbocycles. The van der Waals surface area contributed by atoms with Crippen LogP contribution in [0.3, 0.4) is 0 Å². The molecule has 7 nitrogen and oxygen atoms in total. The van der Waals surface area contributed by atoms with Crippen LogP contribution in [0.5, 0.6) is 0 Å². The lowest BCUT2D eigenvalue weighted by Gasteiger charge is -2.36. The standard InChI is InChI=1S/C28H36F3N5O2/c1-18(2)25(28(29,30)31)33-21-7-5-19(6-8-21)27(37)36-17-20-4-3-11-32-26(20)34-23-10-9-22(16-24(23)36)35-12-14-38-15-13-35/h3-4,9-11,16,18-19,21,25,33H,5-8,12-15,17H2,1-2H3,(H,32,34)/t19-,21-,25-/m1/s1. The third kappa shape index (κ3) is 5.76. The highest BCUT2D eigenvalue weighted by molar-refractivity contribution is 6.00. The Balaban J connectivity index is 1.36. The number of hydrogen-bond donors (Lipinski definition) is 2. The number of benzene rings is 1. The van der Waals surface area contributed by atoms with E-state index in [9.17, 15) is 18.0 Å². The minimum atomic E-state index is -4.29. The number of ether oxygens (including phenoxy) is 1. The fourth-order valence-corrected chi connectivity index (χ4v) is 5.77. The van der Waals surface area contributed by atoms with Crippen molar-refractivity contribution in [2.75, 3.05) is 41.4 Å². The molecule has 1 aromatic carbocycles. The van der Waals surface area contributed by atoms with E-state index in [0.29, 0.717) is 45.4 Å². The summed E-state index contributed by atoms with van der Waals surface area (Å²) in [5.41, 5.74) is 3.57. The first-order valence-corrected chi connectivity index (χ1v) is 13.5. The van der Waals surface area contributed by atoms with Crippen molar-refractivity contribution in [3.63, 3.8) is 0 Å². The molecule has 0 unspecified atom stereocenters. The van der Waals surface area contributed by atoms with Gasteiger partial charge in [-0.2, -0.15) is 13.2 Å². The first-order valence-electron chi connectivity index (χ1n) is 13.5. The molecular weight excluding hydrogens is 495 g/mol. The lowest BCUT2D eigenvalue weighted by molar-refractivity contribution is -0.168. The van der Waals surface area contributed by atoms with Crippen molar-refractivity contribution in [1.29, 1.82) is 0 Å². The molecule has 1 saturated heterocycles. The maximum atomic E-state index is 14.0. The second-order valence-corrected chi connectivity index (χ2v) is 10.8. The summed E-state index contributed by atoms with van der Waals surface area (Å²) in [5, 5.41) is 6.24. The highest BCUT2D eigenvalue weighted by Crippen LogP contribution is 2.40. The number of carbonyl (C=O) groups is 1. The predicted molar refractivity (Wildman–Crippen MR) is 142 cm³/mol. The summed E-state index contributed by atoms with van der Waals surface area (Å²) in [6, 6.07) is 8.15. The topological polar surface area (TPSA) is 69.7 Å². The van der Waals surface area contributed by atoms with Crippen molar-refractivity contribution in [2.45, 2.75) is 64.3 Å². The van der Waals surface area contributed by atoms with Crippen molar-refractivity contribution in [2.24, 2.45) is 11.8 Å². The fourth-order valence-electron chi connectivity index (χ4n) is 5.77. The molecule has 5 rings (SSSR count). The van der Waals surface area contributed by atoms with Gasteiger partial charge in [-0.05, 0) is 55.9 Å². The van der Waals surface area contributed by atoms with Crippen LogP contribution in [0.4, 0.5) is 36.1 Å². The van der Waals surface area contributed by atoms with Gasteiger partial charge in [0.1, 0.15) is 11.9 Å². The van der Waals surface area contributed by atoms with Gasteiger partial charge < -0.3 is 25.2 Å². The van der Waals surface area contributed by atoms with Crippen molar-refractivity contribution in [3.05, 3.63) is 42.1 Å². The highest BCUT2D eigenvalue weighted by atomic mass is 19.4. The highest BCUT2D eigenvalue weighted by Gasteiger charge is 2.43. The van der Waals surface area contributed by atoms with Crippen molar-refractivity contribution in [3.8, 4) is 0 Å². The number of nitrogens with zero attached hydrogens (tertiary/aromatic N) is 3. The predicted octanol–water partition coefficient (Wildman–Crippen LogP) is 5.24. The maximum absolute atomic E-state index is 14.0. The van der Waals surface area contributed by atoms with Gasteiger partial charge in [-0.15, -0.1) is 0 Å². The van der Waals surface area contributed by atoms with Gasteiger partial charge in [-0.25, -0.2) is 4.98 Å². The van der Waals surface area contributed by atoms with Crippen LogP contribution in [0.1, 0.15) is 45.1 Å². The second kappa shape index (κ2) is 11.1. The smallest absolute Gasteiger partial charge is 0.378 e. The van der Waals surface area contributed by atoms with E-state index in [4.69, 9.17) is 4.74 Å². The third-order valence-electron chi connectivity index (χ3n) is 7.90. The van der Waals surface area contributed by atoms with Crippen LogP contribution in [0.2, 0.25) is 0 Å². The number of alkyl halides is 3. The van der Waals surface area contributed by atoms with Crippen LogP contribution < -0.4 is 20.4 Å². The van der Waals surface area contributed by atoms with Crippen molar-refractivity contribution in [1.82, 2.24) is 10.3 Å². The maximum Gasteiger partial charge on any atom is 0.404 e. The van der Waals surface area contributed by atoms with E-state index >= 15 is 0 Å². The number of rotatable bonds is 5. The average Bonchev–Trinajstić information content (AvgIpc) is 3.07. The van der Waals surface area contributed by atoms with E-state index in [0.717, 1.165) is 41.5 Å². The van der Waals surface area contributed by atoms with Crippen LogP contribution in [-0.2, 0) is 16.1 Å². The number of pyridine rings is 1. The molecule has 1 atom stereocenters. The van der Waals surface area contributed by atoms with Gasteiger partial charge in [-0.3, -0.25) is 4.79 Å². The molecule has 0 spiro atoms. The van der Waals surface area contributed by atoms with E-state index in [2.05, 4.69) is 32.7 Å². The van der Waals surface area contributed by atoms with Gasteiger partial charge in [0.25, 0.3) is 0 Å². The quantitative estimate of drug-likeness (QED) is 0.550. The monoisotopic (exact) mass is 531 g/mol. The number of morpholine rings is 1. The van der Waals surface area contributed by atoms with Gasteiger partial charge in [0, 0.05) is 42.5 Å².